The summed E-state index contributed by atoms with van der Waals surface area (Å²) in [4.78, 5) is 22.7. The van der Waals surface area contributed by atoms with Crippen molar-refractivity contribution in [3.8, 4) is 0 Å². The number of hydrogen-bond acceptors (Lipinski definition) is 5. The van der Waals surface area contributed by atoms with Crippen LogP contribution >= 0.6 is 36.2 Å². The summed E-state index contributed by atoms with van der Waals surface area (Å²) in [5.41, 5.74) is 1.29. The molecule has 8 heteroatoms. The van der Waals surface area contributed by atoms with Crippen molar-refractivity contribution in [3.05, 3.63) is 15.6 Å². The maximum atomic E-state index is 12.3. The molecule has 138 valence electrons. The molecular formula is C16H28Cl2N4OS. The first-order valence-corrected chi connectivity index (χ1v) is 9.11. The SMILES string of the molecule is Cc1nc2c(s1)C(N(C)CCC(=O)N1CCNCC1)CCC2.Cl.Cl. The fourth-order valence-corrected chi connectivity index (χ4v) is 4.61. The molecule has 1 amide bonds. The molecule has 2 aliphatic rings. The first-order valence-electron chi connectivity index (χ1n) is 8.30. The number of aromatic nitrogens is 1. The van der Waals surface area contributed by atoms with Gasteiger partial charge in [0.15, 0.2) is 0 Å². The Kier molecular flexibility index (Phi) is 8.95. The standard InChI is InChI=1S/C16H26N4OS.2ClH/c1-12-18-13-4-3-5-14(16(13)22-12)19(2)9-6-15(21)20-10-7-17-8-11-20;;/h14,17H,3-11H2,1-2H3;2*1H. The molecule has 1 aliphatic carbocycles. The van der Waals surface area contributed by atoms with Crippen LogP contribution in [0.2, 0.25) is 0 Å². The molecule has 0 bridgehead atoms. The van der Waals surface area contributed by atoms with Crippen LogP contribution in [0.4, 0.5) is 0 Å². The van der Waals surface area contributed by atoms with Crippen LogP contribution in [0.15, 0.2) is 0 Å². The van der Waals surface area contributed by atoms with Gasteiger partial charge in [0.2, 0.25) is 5.91 Å². The summed E-state index contributed by atoms with van der Waals surface area (Å²) in [6, 6.07) is 0.450. The first-order chi connectivity index (χ1) is 10.6. The van der Waals surface area contributed by atoms with E-state index in [9.17, 15) is 4.79 Å². The van der Waals surface area contributed by atoms with Gasteiger partial charge in [-0.15, -0.1) is 36.2 Å². The van der Waals surface area contributed by atoms with Crippen molar-refractivity contribution < 1.29 is 4.79 Å². The average molecular weight is 395 g/mol. The fourth-order valence-electron chi connectivity index (χ4n) is 3.44. The van der Waals surface area contributed by atoms with Crippen molar-refractivity contribution in [1.29, 1.82) is 0 Å². The van der Waals surface area contributed by atoms with E-state index in [2.05, 4.69) is 29.2 Å². The summed E-state index contributed by atoms with van der Waals surface area (Å²) in [5.74, 6) is 0.296. The number of nitrogens with one attached hydrogen (secondary N) is 1. The minimum Gasteiger partial charge on any atom is -0.340 e. The number of carbonyl (C=O) groups is 1. The summed E-state index contributed by atoms with van der Waals surface area (Å²) >= 11 is 1.83. The number of aryl methyl sites for hydroxylation is 2. The lowest BCUT2D eigenvalue weighted by Crippen LogP contribution is -2.47. The number of rotatable bonds is 4. The van der Waals surface area contributed by atoms with Crippen molar-refractivity contribution in [3.63, 3.8) is 0 Å². The lowest BCUT2D eigenvalue weighted by molar-refractivity contribution is -0.132. The number of amides is 1. The molecule has 0 spiro atoms. The van der Waals surface area contributed by atoms with Crippen LogP contribution in [0, 0.1) is 6.92 Å². The Labute approximate surface area is 161 Å². The zero-order chi connectivity index (χ0) is 15.5. The average Bonchev–Trinajstić information content (AvgIpc) is 2.93. The Hall–Kier alpha value is -0.400. The summed E-state index contributed by atoms with van der Waals surface area (Å²) in [5, 5.41) is 4.46. The largest absolute Gasteiger partial charge is 0.340 e. The Balaban J connectivity index is 0.00000144. The zero-order valence-corrected chi connectivity index (χ0v) is 16.9. The van der Waals surface area contributed by atoms with Gasteiger partial charge in [-0.25, -0.2) is 4.98 Å². The first kappa shape index (κ1) is 21.6. The molecular weight excluding hydrogens is 367 g/mol. The van der Waals surface area contributed by atoms with E-state index in [4.69, 9.17) is 0 Å². The van der Waals surface area contributed by atoms with Crippen LogP contribution < -0.4 is 5.32 Å². The van der Waals surface area contributed by atoms with Crippen LogP contribution in [0.25, 0.3) is 0 Å². The molecule has 0 saturated carbocycles. The molecule has 2 heterocycles. The summed E-state index contributed by atoms with van der Waals surface area (Å²) in [7, 11) is 2.15. The van der Waals surface area contributed by atoms with E-state index >= 15 is 0 Å². The fraction of sp³-hybridized carbons (Fsp3) is 0.750. The monoisotopic (exact) mass is 394 g/mol. The van der Waals surface area contributed by atoms with Crippen molar-refractivity contribution in [2.75, 3.05) is 39.8 Å². The third-order valence-electron chi connectivity index (χ3n) is 4.71. The minimum atomic E-state index is 0. The van der Waals surface area contributed by atoms with Crippen LogP contribution in [0.5, 0.6) is 0 Å². The Bertz CT molecular complexity index is 534. The number of piperazine rings is 1. The van der Waals surface area contributed by atoms with E-state index in [1.165, 1.54) is 28.4 Å². The maximum absolute atomic E-state index is 12.3. The van der Waals surface area contributed by atoms with Crippen molar-refractivity contribution in [1.82, 2.24) is 20.1 Å². The van der Waals surface area contributed by atoms with E-state index in [0.29, 0.717) is 18.4 Å². The third kappa shape index (κ3) is 5.05. The van der Waals surface area contributed by atoms with Gasteiger partial charge in [0.1, 0.15) is 0 Å². The van der Waals surface area contributed by atoms with Crippen LogP contribution in [0.1, 0.15) is 40.9 Å². The molecule has 3 rings (SSSR count). The van der Waals surface area contributed by atoms with Crippen LogP contribution in [-0.4, -0.2) is 60.5 Å². The molecule has 5 nitrogen and oxygen atoms in total. The van der Waals surface area contributed by atoms with Gasteiger partial charge in [-0.1, -0.05) is 0 Å². The van der Waals surface area contributed by atoms with Crippen molar-refractivity contribution in [2.24, 2.45) is 0 Å². The number of fused-ring (bicyclic) bond motifs is 1. The van der Waals surface area contributed by atoms with Crippen LogP contribution in [-0.2, 0) is 11.2 Å². The van der Waals surface area contributed by atoms with Gasteiger partial charge >= 0.3 is 0 Å². The molecule has 1 aromatic rings. The highest BCUT2D eigenvalue weighted by Crippen LogP contribution is 2.37. The molecule has 0 radical (unpaired) electrons. The Morgan fingerprint density at radius 3 is 2.79 bits per heavy atom. The number of carbonyl (C=O) groups excluding carboxylic acids is 1. The molecule has 1 saturated heterocycles. The lowest BCUT2D eigenvalue weighted by atomic mass is 9.97. The highest BCUT2D eigenvalue weighted by molar-refractivity contribution is 7.11. The second kappa shape index (κ2) is 9.92. The number of halogens is 2. The Morgan fingerprint density at radius 1 is 1.38 bits per heavy atom. The quantitative estimate of drug-likeness (QED) is 0.851. The topological polar surface area (TPSA) is 48.5 Å². The Morgan fingerprint density at radius 2 is 2.08 bits per heavy atom. The molecule has 1 unspecified atom stereocenters. The van der Waals surface area contributed by atoms with Crippen molar-refractivity contribution in [2.45, 2.75) is 38.6 Å². The summed E-state index contributed by atoms with van der Waals surface area (Å²) < 4.78 is 0. The second-order valence-electron chi connectivity index (χ2n) is 6.31. The van der Waals surface area contributed by atoms with E-state index in [1.54, 1.807) is 0 Å². The maximum Gasteiger partial charge on any atom is 0.223 e. The van der Waals surface area contributed by atoms with Crippen molar-refractivity contribution >= 4 is 42.1 Å². The zero-order valence-electron chi connectivity index (χ0n) is 14.4. The van der Waals surface area contributed by atoms with Gasteiger partial charge in [-0.05, 0) is 33.2 Å². The number of nitrogens with zero attached hydrogens (tertiary/aromatic N) is 3. The van der Waals surface area contributed by atoms with E-state index in [-0.39, 0.29) is 24.8 Å². The predicted octanol–water partition coefficient (Wildman–Crippen LogP) is 2.43. The van der Waals surface area contributed by atoms with Gasteiger partial charge in [0.25, 0.3) is 0 Å². The smallest absolute Gasteiger partial charge is 0.223 e. The van der Waals surface area contributed by atoms with E-state index in [1.807, 2.05) is 16.2 Å². The molecule has 1 aliphatic heterocycles. The molecule has 24 heavy (non-hydrogen) atoms. The highest BCUT2D eigenvalue weighted by Gasteiger charge is 2.27. The number of thiazole rings is 1. The molecule has 1 atom stereocenters. The summed E-state index contributed by atoms with van der Waals surface area (Å²) in [6.07, 6.45) is 4.13. The molecule has 1 fully saturated rings. The van der Waals surface area contributed by atoms with Crippen LogP contribution in [0.3, 0.4) is 0 Å². The van der Waals surface area contributed by atoms with Gasteiger partial charge in [0.05, 0.1) is 10.7 Å². The van der Waals surface area contributed by atoms with E-state index < -0.39 is 0 Å². The predicted molar refractivity (Wildman–Crippen MR) is 104 cm³/mol. The molecule has 1 N–H and O–H groups in total. The third-order valence-corrected chi connectivity index (χ3v) is 5.82. The lowest BCUT2D eigenvalue weighted by Gasteiger charge is -2.32. The minimum absolute atomic E-state index is 0. The normalized spacial score (nSPS) is 20.1. The second-order valence-corrected chi connectivity index (χ2v) is 7.55. The highest BCUT2D eigenvalue weighted by atomic mass is 35.5. The molecule has 1 aromatic heterocycles. The van der Waals surface area contributed by atoms with Gasteiger partial charge in [0, 0.05) is 50.1 Å². The van der Waals surface area contributed by atoms with Gasteiger partial charge < -0.3 is 10.2 Å². The van der Waals surface area contributed by atoms with Gasteiger partial charge in [-0.2, -0.15) is 0 Å². The summed E-state index contributed by atoms with van der Waals surface area (Å²) in [6.45, 7) is 6.48. The van der Waals surface area contributed by atoms with Gasteiger partial charge in [-0.3, -0.25) is 9.69 Å². The number of hydrogen-bond donors (Lipinski definition) is 1. The van der Waals surface area contributed by atoms with E-state index in [0.717, 1.165) is 39.1 Å². The molecule has 0 aromatic carbocycles.